The largest absolute Gasteiger partial charge is 0.497 e. The molecule has 21 heavy (non-hydrogen) atoms. The van der Waals surface area contributed by atoms with Crippen LogP contribution in [0.3, 0.4) is 0 Å². The maximum Gasteiger partial charge on any atom is 0.412 e. The Balaban J connectivity index is 1.91. The Hall–Kier alpha value is -2.05. The molecule has 1 aromatic carbocycles. The van der Waals surface area contributed by atoms with Gasteiger partial charge in [0, 0.05) is 12.6 Å². The van der Waals surface area contributed by atoms with Crippen LogP contribution in [-0.2, 0) is 6.54 Å². The van der Waals surface area contributed by atoms with E-state index in [9.17, 15) is 4.79 Å². The molecule has 0 fully saturated rings. The first kappa shape index (κ1) is 15.3. The first-order chi connectivity index (χ1) is 10.1. The van der Waals surface area contributed by atoms with E-state index in [0.29, 0.717) is 6.54 Å². The molecule has 0 spiro atoms. The smallest absolute Gasteiger partial charge is 0.412 e. The molecular formula is C13H11Cl2N3O3. The lowest BCUT2D eigenvalue weighted by atomic mass is 10.2. The number of aromatic nitrogens is 2. The third-order valence-electron chi connectivity index (χ3n) is 2.49. The maximum absolute atomic E-state index is 11.7. The molecule has 0 aliphatic heterocycles. The summed E-state index contributed by atoms with van der Waals surface area (Å²) in [5.74, 6) is 0.787. The van der Waals surface area contributed by atoms with E-state index in [4.69, 9.17) is 32.7 Å². The molecular weight excluding hydrogens is 317 g/mol. The van der Waals surface area contributed by atoms with Gasteiger partial charge in [0.05, 0.1) is 7.11 Å². The van der Waals surface area contributed by atoms with Crippen molar-refractivity contribution in [2.24, 2.45) is 0 Å². The summed E-state index contributed by atoms with van der Waals surface area (Å²) in [6.45, 7) is 0.298. The summed E-state index contributed by atoms with van der Waals surface area (Å²) < 4.78 is 10.0. The van der Waals surface area contributed by atoms with E-state index in [-0.39, 0.29) is 16.1 Å². The van der Waals surface area contributed by atoms with Gasteiger partial charge < -0.3 is 14.8 Å². The van der Waals surface area contributed by atoms with Crippen molar-refractivity contribution < 1.29 is 14.3 Å². The molecule has 6 nitrogen and oxygen atoms in total. The highest BCUT2D eigenvalue weighted by atomic mass is 35.5. The number of amides is 1. The fourth-order valence-electron chi connectivity index (χ4n) is 1.46. The van der Waals surface area contributed by atoms with Crippen LogP contribution < -0.4 is 14.8 Å². The minimum Gasteiger partial charge on any atom is -0.497 e. The van der Waals surface area contributed by atoms with Gasteiger partial charge >= 0.3 is 6.09 Å². The van der Waals surface area contributed by atoms with E-state index < -0.39 is 6.09 Å². The summed E-state index contributed by atoms with van der Waals surface area (Å²) in [7, 11) is 1.59. The molecule has 8 heteroatoms. The molecule has 0 atom stereocenters. The fraction of sp³-hybridized carbons (Fsp3) is 0.154. The van der Waals surface area contributed by atoms with Crippen LogP contribution in [0.1, 0.15) is 5.56 Å². The molecule has 110 valence electrons. The highest BCUT2D eigenvalue weighted by Crippen LogP contribution is 2.23. The zero-order chi connectivity index (χ0) is 15.2. The van der Waals surface area contributed by atoms with Gasteiger partial charge in [0.2, 0.25) is 0 Å². The Labute approximate surface area is 131 Å². The normalized spacial score (nSPS) is 10.0. The van der Waals surface area contributed by atoms with Crippen molar-refractivity contribution in [2.75, 3.05) is 7.11 Å². The van der Waals surface area contributed by atoms with Gasteiger partial charge in [0.1, 0.15) is 5.75 Å². The Morgan fingerprint density at radius 2 is 1.95 bits per heavy atom. The SMILES string of the molecule is COc1ccc(CNC(=O)Oc2cc(Cl)nnc2Cl)cc1. The van der Waals surface area contributed by atoms with Crippen molar-refractivity contribution in [3.05, 3.63) is 46.2 Å². The molecule has 0 radical (unpaired) electrons. The van der Waals surface area contributed by atoms with Gasteiger partial charge in [-0.05, 0) is 17.7 Å². The first-order valence-corrected chi connectivity index (χ1v) is 6.61. The number of carbonyl (C=O) groups is 1. The minimum atomic E-state index is -0.670. The molecule has 0 aliphatic carbocycles. The highest BCUT2D eigenvalue weighted by Gasteiger charge is 2.10. The molecule has 2 aromatic rings. The Morgan fingerprint density at radius 3 is 2.62 bits per heavy atom. The van der Waals surface area contributed by atoms with Crippen molar-refractivity contribution in [1.29, 1.82) is 0 Å². The van der Waals surface area contributed by atoms with Gasteiger partial charge in [-0.3, -0.25) is 0 Å². The molecule has 1 aromatic heterocycles. The second-order valence-electron chi connectivity index (χ2n) is 3.91. The molecule has 0 aliphatic rings. The second-order valence-corrected chi connectivity index (χ2v) is 4.66. The molecule has 1 amide bonds. The van der Waals surface area contributed by atoms with Gasteiger partial charge in [-0.1, -0.05) is 35.3 Å². The minimum absolute atomic E-state index is 0.0426. The van der Waals surface area contributed by atoms with E-state index in [0.717, 1.165) is 11.3 Å². The van der Waals surface area contributed by atoms with Gasteiger partial charge in [-0.2, -0.15) is 0 Å². The highest BCUT2D eigenvalue weighted by molar-refractivity contribution is 6.32. The third-order valence-corrected chi connectivity index (χ3v) is 2.93. The summed E-state index contributed by atoms with van der Waals surface area (Å²) in [5.41, 5.74) is 0.893. The Kier molecular flexibility index (Phi) is 5.19. The van der Waals surface area contributed by atoms with Crippen molar-refractivity contribution in [2.45, 2.75) is 6.54 Å². The summed E-state index contributed by atoms with van der Waals surface area (Å²) >= 11 is 11.4. The van der Waals surface area contributed by atoms with Crippen LogP contribution in [0.5, 0.6) is 11.5 Å². The van der Waals surface area contributed by atoms with E-state index >= 15 is 0 Å². The van der Waals surface area contributed by atoms with Crippen molar-refractivity contribution in [3.63, 3.8) is 0 Å². The average molecular weight is 328 g/mol. The number of nitrogens with zero attached hydrogens (tertiary/aromatic N) is 2. The van der Waals surface area contributed by atoms with Crippen molar-refractivity contribution in [3.8, 4) is 11.5 Å². The summed E-state index contributed by atoms with van der Waals surface area (Å²) in [6, 6.07) is 8.56. The standard InChI is InChI=1S/C13H11Cl2N3O3/c1-20-9-4-2-8(3-5-9)7-16-13(19)21-10-6-11(14)17-18-12(10)15/h2-6H,7H2,1H3,(H,16,19). The lowest BCUT2D eigenvalue weighted by molar-refractivity contribution is 0.200. The number of methoxy groups -OCH3 is 1. The quantitative estimate of drug-likeness (QED) is 0.934. The lowest BCUT2D eigenvalue weighted by Crippen LogP contribution is -2.26. The molecule has 0 unspecified atom stereocenters. The monoisotopic (exact) mass is 327 g/mol. The second kappa shape index (κ2) is 7.10. The topological polar surface area (TPSA) is 73.3 Å². The number of halogens is 2. The number of carbonyl (C=O) groups excluding carboxylic acids is 1. The summed E-state index contributed by atoms with van der Waals surface area (Å²) in [5, 5.41) is 9.67. The molecule has 1 N–H and O–H groups in total. The fourth-order valence-corrected chi connectivity index (χ4v) is 1.73. The molecule has 0 saturated carbocycles. The third kappa shape index (κ3) is 4.47. The summed E-state index contributed by atoms with van der Waals surface area (Å²) in [4.78, 5) is 11.7. The number of benzene rings is 1. The van der Waals surface area contributed by atoms with Crippen molar-refractivity contribution in [1.82, 2.24) is 15.5 Å². The predicted molar refractivity (Wildman–Crippen MR) is 77.9 cm³/mol. The van der Waals surface area contributed by atoms with Crippen LogP contribution in [0.2, 0.25) is 10.3 Å². The Bertz CT molecular complexity index is 635. The van der Waals surface area contributed by atoms with Crippen LogP contribution in [0, 0.1) is 0 Å². The zero-order valence-corrected chi connectivity index (χ0v) is 12.5. The van der Waals surface area contributed by atoms with Crippen LogP contribution in [0.4, 0.5) is 4.79 Å². The number of nitrogens with one attached hydrogen (secondary N) is 1. The van der Waals surface area contributed by atoms with Crippen LogP contribution >= 0.6 is 23.2 Å². The van der Waals surface area contributed by atoms with Crippen LogP contribution in [0.25, 0.3) is 0 Å². The molecule has 0 saturated heterocycles. The average Bonchev–Trinajstić information content (AvgIpc) is 2.49. The van der Waals surface area contributed by atoms with Gasteiger partial charge in [-0.25, -0.2) is 4.79 Å². The number of rotatable bonds is 4. The molecule has 2 rings (SSSR count). The number of hydrogen-bond acceptors (Lipinski definition) is 5. The summed E-state index contributed by atoms with van der Waals surface area (Å²) in [6.07, 6.45) is -0.670. The number of ether oxygens (including phenoxy) is 2. The van der Waals surface area contributed by atoms with E-state index in [1.807, 2.05) is 12.1 Å². The zero-order valence-electron chi connectivity index (χ0n) is 11.0. The van der Waals surface area contributed by atoms with Gasteiger partial charge in [0.25, 0.3) is 0 Å². The van der Waals surface area contributed by atoms with Gasteiger partial charge in [-0.15, -0.1) is 10.2 Å². The number of hydrogen-bond donors (Lipinski definition) is 1. The lowest BCUT2D eigenvalue weighted by Gasteiger charge is -2.08. The predicted octanol–water partition coefficient (Wildman–Crippen LogP) is 3.08. The molecule has 0 bridgehead atoms. The van der Waals surface area contributed by atoms with E-state index in [1.54, 1.807) is 19.2 Å². The van der Waals surface area contributed by atoms with Crippen molar-refractivity contribution >= 4 is 29.3 Å². The molecule has 1 heterocycles. The van der Waals surface area contributed by atoms with E-state index in [2.05, 4.69) is 15.5 Å². The maximum atomic E-state index is 11.7. The van der Waals surface area contributed by atoms with Crippen LogP contribution in [0.15, 0.2) is 30.3 Å². The van der Waals surface area contributed by atoms with E-state index in [1.165, 1.54) is 6.07 Å². The van der Waals surface area contributed by atoms with Gasteiger partial charge in [0.15, 0.2) is 16.1 Å². The van der Waals surface area contributed by atoms with Crippen LogP contribution in [-0.4, -0.2) is 23.4 Å². The first-order valence-electron chi connectivity index (χ1n) is 5.86. The Morgan fingerprint density at radius 1 is 1.24 bits per heavy atom.